The normalized spacial score (nSPS) is 11.1. The van der Waals surface area contributed by atoms with Crippen LogP contribution >= 0.6 is 0 Å². The molecule has 1 aromatic heterocycles. The summed E-state index contributed by atoms with van der Waals surface area (Å²) in [5.74, 6) is 0.834. The van der Waals surface area contributed by atoms with E-state index in [0.717, 1.165) is 31.1 Å². The second kappa shape index (κ2) is 7.74. The van der Waals surface area contributed by atoms with Crippen LogP contribution in [0.5, 0.6) is 0 Å². The Morgan fingerprint density at radius 3 is 2.38 bits per heavy atom. The van der Waals surface area contributed by atoms with Gasteiger partial charge in [0.1, 0.15) is 5.82 Å². The summed E-state index contributed by atoms with van der Waals surface area (Å²) in [4.78, 5) is 11.3. The van der Waals surface area contributed by atoms with Crippen molar-refractivity contribution >= 4 is 5.82 Å². The zero-order valence-electron chi connectivity index (χ0n) is 13.1. The molecule has 2 rings (SSSR count). The molecule has 4 nitrogen and oxygen atoms in total. The second-order valence-corrected chi connectivity index (χ2v) is 5.41. The van der Waals surface area contributed by atoms with E-state index in [9.17, 15) is 0 Å². The Labute approximate surface area is 127 Å². The number of benzene rings is 1. The molecular weight excluding hydrogens is 260 g/mol. The van der Waals surface area contributed by atoms with Crippen LogP contribution in [0, 0.1) is 0 Å². The molecule has 1 aromatic carbocycles. The van der Waals surface area contributed by atoms with Crippen LogP contribution in [0.25, 0.3) is 0 Å². The van der Waals surface area contributed by atoms with Gasteiger partial charge < -0.3 is 5.32 Å². The molecule has 1 heterocycles. The van der Waals surface area contributed by atoms with Gasteiger partial charge in [-0.3, -0.25) is 9.88 Å². The summed E-state index contributed by atoms with van der Waals surface area (Å²) in [6.45, 7) is 9.07. The number of rotatable bonds is 7. The third-order valence-corrected chi connectivity index (χ3v) is 3.39. The third kappa shape index (κ3) is 4.83. The van der Waals surface area contributed by atoms with E-state index in [2.05, 4.69) is 65.2 Å². The largest absolute Gasteiger partial charge is 0.369 e. The van der Waals surface area contributed by atoms with Crippen molar-refractivity contribution in [3.63, 3.8) is 0 Å². The first-order valence-electron chi connectivity index (χ1n) is 7.51. The number of hydrogen-bond donors (Lipinski definition) is 1. The molecule has 0 aliphatic carbocycles. The van der Waals surface area contributed by atoms with Crippen molar-refractivity contribution in [2.75, 3.05) is 11.9 Å². The molecule has 1 N–H and O–H groups in total. The highest BCUT2D eigenvalue weighted by atomic mass is 15.2. The summed E-state index contributed by atoms with van der Waals surface area (Å²) in [5, 5.41) is 3.16. The van der Waals surface area contributed by atoms with Gasteiger partial charge in [0.2, 0.25) is 0 Å². The third-order valence-electron chi connectivity index (χ3n) is 3.39. The lowest BCUT2D eigenvalue weighted by Gasteiger charge is -2.26. The van der Waals surface area contributed by atoms with Gasteiger partial charge in [-0.2, -0.15) is 0 Å². The van der Waals surface area contributed by atoms with E-state index in [1.807, 2.05) is 12.3 Å². The number of nitrogens with one attached hydrogen (secondary N) is 1. The summed E-state index contributed by atoms with van der Waals surface area (Å²) in [6.07, 6.45) is 3.66. The first-order chi connectivity index (χ1) is 10.2. The summed E-state index contributed by atoms with van der Waals surface area (Å²) < 4.78 is 0. The molecular formula is C17H24N4. The molecule has 0 aliphatic rings. The molecule has 0 fully saturated rings. The summed E-state index contributed by atoms with van der Waals surface area (Å²) in [5.41, 5.74) is 2.32. The van der Waals surface area contributed by atoms with Crippen molar-refractivity contribution in [1.29, 1.82) is 0 Å². The monoisotopic (exact) mass is 284 g/mol. The fraction of sp³-hybridized carbons (Fsp3) is 0.412. The molecule has 0 aliphatic heterocycles. The van der Waals surface area contributed by atoms with E-state index >= 15 is 0 Å². The molecule has 0 spiro atoms. The molecule has 0 amide bonds. The Balaban J connectivity index is 2.02. The highest BCUT2D eigenvalue weighted by molar-refractivity contribution is 5.30. The average molecular weight is 284 g/mol. The minimum atomic E-state index is 0.459. The van der Waals surface area contributed by atoms with Crippen LogP contribution in [-0.4, -0.2) is 27.5 Å². The minimum absolute atomic E-state index is 0.459. The second-order valence-electron chi connectivity index (χ2n) is 5.41. The lowest BCUT2D eigenvalue weighted by Crippen LogP contribution is -2.30. The van der Waals surface area contributed by atoms with Crippen LogP contribution in [0.3, 0.4) is 0 Å². The standard InChI is InChI=1S/C17H24N4/c1-4-18-17-11-19-16(10-20-17)13-21(14(2)3)12-15-8-6-5-7-9-15/h5-11,14H,4,12-13H2,1-3H3,(H,18,20). The maximum Gasteiger partial charge on any atom is 0.144 e. The SMILES string of the molecule is CCNc1cnc(CN(Cc2ccccc2)C(C)C)cn1. The minimum Gasteiger partial charge on any atom is -0.369 e. The van der Waals surface area contributed by atoms with Gasteiger partial charge in [0.25, 0.3) is 0 Å². The van der Waals surface area contributed by atoms with Crippen molar-refractivity contribution in [1.82, 2.24) is 14.9 Å². The Kier molecular flexibility index (Phi) is 5.69. The Morgan fingerprint density at radius 1 is 1.05 bits per heavy atom. The molecule has 0 saturated heterocycles. The van der Waals surface area contributed by atoms with Gasteiger partial charge in [-0.05, 0) is 26.3 Å². The molecule has 0 atom stereocenters. The van der Waals surface area contributed by atoms with E-state index in [4.69, 9.17) is 0 Å². The molecule has 112 valence electrons. The fourth-order valence-electron chi connectivity index (χ4n) is 2.16. The number of aromatic nitrogens is 2. The van der Waals surface area contributed by atoms with Gasteiger partial charge in [0.15, 0.2) is 0 Å². The smallest absolute Gasteiger partial charge is 0.144 e. The highest BCUT2D eigenvalue weighted by Gasteiger charge is 2.12. The zero-order valence-corrected chi connectivity index (χ0v) is 13.1. The van der Waals surface area contributed by atoms with Crippen molar-refractivity contribution in [2.24, 2.45) is 0 Å². The Hall–Kier alpha value is -1.94. The summed E-state index contributed by atoms with van der Waals surface area (Å²) in [6, 6.07) is 11.0. The lowest BCUT2D eigenvalue weighted by molar-refractivity contribution is 0.201. The van der Waals surface area contributed by atoms with Crippen molar-refractivity contribution in [2.45, 2.75) is 39.9 Å². The van der Waals surface area contributed by atoms with Crippen LogP contribution in [0.2, 0.25) is 0 Å². The molecule has 2 aromatic rings. The topological polar surface area (TPSA) is 41.1 Å². The average Bonchev–Trinajstić information content (AvgIpc) is 2.50. The first-order valence-corrected chi connectivity index (χ1v) is 7.51. The van der Waals surface area contributed by atoms with E-state index in [1.54, 1.807) is 6.20 Å². The number of hydrogen-bond acceptors (Lipinski definition) is 4. The Morgan fingerprint density at radius 2 is 1.81 bits per heavy atom. The number of anilines is 1. The quantitative estimate of drug-likeness (QED) is 0.847. The van der Waals surface area contributed by atoms with E-state index in [0.29, 0.717) is 6.04 Å². The van der Waals surface area contributed by atoms with Gasteiger partial charge in [-0.15, -0.1) is 0 Å². The molecule has 0 unspecified atom stereocenters. The Bertz CT molecular complexity index is 522. The first kappa shape index (κ1) is 15.4. The molecule has 0 bridgehead atoms. The van der Waals surface area contributed by atoms with Crippen LogP contribution in [0.1, 0.15) is 32.0 Å². The van der Waals surface area contributed by atoms with Crippen molar-refractivity contribution in [3.8, 4) is 0 Å². The van der Waals surface area contributed by atoms with Gasteiger partial charge in [-0.1, -0.05) is 30.3 Å². The van der Waals surface area contributed by atoms with Crippen molar-refractivity contribution in [3.05, 3.63) is 54.0 Å². The fourth-order valence-corrected chi connectivity index (χ4v) is 2.16. The van der Waals surface area contributed by atoms with Gasteiger partial charge >= 0.3 is 0 Å². The van der Waals surface area contributed by atoms with E-state index < -0.39 is 0 Å². The maximum absolute atomic E-state index is 4.49. The van der Waals surface area contributed by atoms with Crippen LogP contribution in [-0.2, 0) is 13.1 Å². The maximum atomic E-state index is 4.49. The van der Waals surface area contributed by atoms with Crippen LogP contribution in [0.15, 0.2) is 42.7 Å². The van der Waals surface area contributed by atoms with Gasteiger partial charge in [0, 0.05) is 25.7 Å². The summed E-state index contributed by atoms with van der Waals surface area (Å²) in [7, 11) is 0. The van der Waals surface area contributed by atoms with E-state index in [-0.39, 0.29) is 0 Å². The van der Waals surface area contributed by atoms with Crippen molar-refractivity contribution < 1.29 is 0 Å². The highest BCUT2D eigenvalue weighted by Crippen LogP contribution is 2.12. The zero-order chi connectivity index (χ0) is 15.1. The van der Waals surface area contributed by atoms with E-state index in [1.165, 1.54) is 5.56 Å². The lowest BCUT2D eigenvalue weighted by atomic mass is 10.2. The summed E-state index contributed by atoms with van der Waals surface area (Å²) >= 11 is 0. The molecule has 0 saturated carbocycles. The van der Waals surface area contributed by atoms with Crippen LogP contribution in [0.4, 0.5) is 5.82 Å². The molecule has 21 heavy (non-hydrogen) atoms. The van der Waals surface area contributed by atoms with Gasteiger partial charge in [0.05, 0.1) is 18.1 Å². The predicted octanol–water partition coefficient (Wildman–Crippen LogP) is 3.32. The molecule has 0 radical (unpaired) electrons. The van der Waals surface area contributed by atoms with Crippen LogP contribution < -0.4 is 5.32 Å². The predicted molar refractivity (Wildman–Crippen MR) is 87.0 cm³/mol. The number of nitrogens with zero attached hydrogens (tertiary/aromatic N) is 3. The van der Waals surface area contributed by atoms with Gasteiger partial charge in [-0.25, -0.2) is 4.98 Å². The molecule has 4 heteroatoms.